The SMILES string of the molecule is CC(C(=O)N[C@H](C(=O)O)c1ccccc1)S(C)(=O)=O. The van der Waals surface area contributed by atoms with Crippen molar-refractivity contribution in [2.24, 2.45) is 0 Å². The Labute approximate surface area is 111 Å². The number of sulfone groups is 1. The van der Waals surface area contributed by atoms with E-state index in [4.69, 9.17) is 5.11 Å². The summed E-state index contributed by atoms with van der Waals surface area (Å²) in [6.45, 7) is 1.22. The Kier molecular flexibility index (Phi) is 4.66. The normalized spacial score (nSPS) is 14.4. The first kappa shape index (κ1) is 15.2. The number of amides is 1. The highest BCUT2D eigenvalue weighted by molar-refractivity contribution is 7.92. The first-order valence-corrected chi connectivity index (χ1v) is 7.46. The van der Waals surface area contributed by atoms with Gasteiger partial charge in [0.1, 0.15) is 5.25 Å². The van der Waals surface area contributed by atoms with E-state index in [1.807, 2.05) is 0 Å². The fourth-order valence-electron chi connectivity index (χ4n) is 1.39. The molecule has 1 unspecified atom stereocenters. The van der Waals surface area contributed by atoms with Crippen molar-refractivity contribution >= 4 is 21.7 Å². The number of rotatable bonds is 5. The third-order valence-corrected chi connectivity index (χ3v) is 4.18. The van der Waals surface area contributed by atoms with Crippen molar-refractivity contribution in [1.29, 1.82) is 0 Å². The number of hydrogen-bond donors (Lipinski definition) is 2. The molecule has 0 aromatic heterocycles. The maximum Gasteiger partial charge on any atom is 0.330 e. The number of aliphatic carboxylic acids is 1. The molecule has 1 aromatic carbocycles. The largest absolute Gasteiger partial charge is 0.479 e. The van der Waals surface area contributed by atoms with E-state index in [-0.39, 0.29) is 0 Å². The van der Waals surface area contributed by atoms with E-state index in [0.29, 0.717) is 5.56 Å². The monoisotopic (exact) mass is 285 g/mol. The fraction of sp³-hybridized carbons (Fsp3) is 0.333. The molecular formula is C12H15NO5S. The summed E-state index contributed by atoms with van der Waals surface area (Å²) in [6.07, 6.45) is 0.926. The molecule has 2 N–H and O–H groups in total. The van der Waals surface area contributed by atoms with Gasteiger partial charge in [-0.2, -0.15) is 0 Å². The zero-order valence-electron chi connectivity index (χ0n) is 10.5. The van der Waals surface area contributed by atoms with Crippen molar-refractivity contribution in [3.8, 4) is 0 Å². The zero-order valence-corrected chi connectivity index (χ0v) is 11.3. The quantitative estimate of drug-likeness (QED) is 0.813. The van der Waals surface area contributed by atoms with Crippen molar-refractivity contribution in [3.05, 3.63) is 35.9 Å². The van der Waals surface area contributed by atoms with Crippen LogP contribution < -0.4 is 5.32 Å². The van der Waals surface area contributed by atoms with E-state index < -0.39 is 33.0 Å². The van der Waals surface area contributed by atoms with Crippen LogP contribution in [0.25, 0.3) is 0 Å². The van der Waals surface area contributed by atoms with Gasteiger partial charge in [0, 0.05) is 6.26 Å². The third-order valence-electron chi connectivity index (χ3n) is 2.68. The molecule has 1 rings (SSSR count). The van der Waals surface area contributed by atoms with Gasteiger partial charge < -0.3 is 10.4 Å². The molecule has 2 atom stereocenters. The van der Waals surface area contributed by atoms with Crippen LogP contribution in [0.2, 0.25) is 0 Å². The maximum atomic E-state index is 11.7. The van der Waals surface area contributed by atoms with Crippen LogP contribution >= 0.6 is 0 Å². The lowest BCUT2D eigenvalue weighted by Gasteiger charge is -2.17. The van der Waals surface area contributed by atoms with Gasteiger partial charge in [0.05, 0.1) is 0 Å². The minimum atomic E-state index is -3.56. The highest BCUT2D eigenvalue weighted by atomic mass is 32.2. The molecule has 1 amide bonds. The molecule has 0 aliphatic heterocycles. The second kappa shape index (κ2) is 5.83. The summed E-state index contributed by atoms with van der Waals surface area (Å²) in [6, 6.07) is 6.81. The Hall–Kier alpha value is -1.89. The second-order valence-corrected chi connectivity index (χ2v) is 6.53. The van der Waals surface area contributed by atoms with Crippen molar-refractivity contribution < 1.29 is 23.1 Å². The number of carboxylic acid groups (broad SMARTS) is 1. The van der Waals surface area contributed by atoms with E-state index >= 15 is 0 Å². The summed E-state index contributed by atoms with van der Waals surface area (Å²) in [5.74, 6) is -2.08. The Balaban J connectivity index is 2.93. The highest BCUT2D eigenvalue weighted by Gasteiger charge is 2.28. The smallest absolute Gasteiger partial charge is 0.330 e. The van der Waals surface area contributed by atoms with Gasteiger partial charge in [-0.05, 0) is 12.5 Å². The molecule has 104 valence electrons. The average molecular weight is 285 g/mol. The molecule has 6 nitrogen and oxygen atoms in total. The number of carbonyl (C=O) groups excluding carboxylic acids is 1. The van der Waals surface area contributed by atoms with E-state index in [2.05, 4.69) is 5.32 Å². The Morgan fingerprint density at radius 3 is 2.16 bits per heavy atom. The van der Waals surface area contributed by atoms with Gasteiger partial charge >= 0.3 is 5.97 Å². The number of nitrogens with one attached hydrogen (secondary N) is 1. The van der Waals surface area contributed by atoms with Crippen LogP contribution in [-0.2, 0) is 19.4 Å². The van der Waals surface area contributed by atoms with Gasteiger partial charge in [-0.1, -0.05) is 30.3 Å². The zero-order chi connectivity index (χ0) is 14.6. The Bertz CT molecular complexity index is 567. The van der Waals surface area contributed by atoms with Crippen LogP contribution in [0.5, 0.6) is 0 Å². The van der Waals surface area contributed by atoms with Crippen molar-refractivity contribution in [3.63, 3.8) is 0 Å². The summed E-state index contributed by atoms with van der Waals surface area (Å²) >= 11 is 0. The lowest BCUT2D eigenvalue weighted by Crippen LogP contribution is -2.42. The van der Waals surface area contributed by atoms with Crippen LogP contribution in [0.3, 0.4) is 0 Å². The van der Waals surface area contributed by atoms with Gasteiger partial charge in [0.15, 0.2) is 15.9 Å². The topological polar surface area (TPSA) is 101 Å². The first-order valence-electron chi connectivity index (χ1n) is 5.50. The maximum absolute atomic E-state index is 11.7. The lowest BCUT2D eigenvalue weighted by molar-refractivity contribution is -0.141. The third kappa shape index (κ3) is 4.06. The molecule has 0 radical (unpaired) electrons. The van der Waals surface area contributed by atoms with E-state index in [1.54, 1.807) is 30.3 Å². The molecule has 0 aliphatic rings. The Morgan fingerprint density at radius 2 is 1.74 bits per heavy atom. The molecule has 0 spiro atoms. The molecule has 0 saturated heterocycles. The second-order valence-electron chi connectivity index (χ2n) is 4.16. The predicted molar refractivity (Wildman–Crippen MR) is 69.3 cm³/mol. The molecule has 0 fully saturated rings. The van der Waals surface area contributed by atoms with Gasteiger partial charge in [0.25, 0.3) is 0 Å². The average Bonchev–Trinajstić information content (AvgIpc) is 2.34. The molecule has 0 aliphatic carbocycles. The summed E-state index contributed by atoms with van der Waals surface area (Å²) in [5, 5.41) is 10.0. The fourth-order valence-corrected chi connectivity index (χ4v) is 1.84. The summed E-state index contributed by atoms with van der Waals surface area (Å²) in [5.41, 5.74) is 0.379. The summed E-state index contributed by atoms with van der Waals surface area (Å²) in [7, 11) is -3.56. The van der Waals surface area contributed by atoms with Crippen molar-refractivity contribution in [1.82, 2.24) is 5.32 Å². The molecule has 1 aromatic rings. The lowest BCUT2D eigenvalue weighted by atomic mass is 10.1. The van der Waals surface area contributed by atoms with Crippen molar-refractivity contribution in [2.45, 2.75) is 18.2 Å². The summed E-state index contributed by atoms with van der Waals surface area (Å²) < 4.78 is 22.5. The standard InChI is InChI=1S/C12H15NO5S/c1-8(19(2,17)18)11(14)13-10(12(15)16)9-6-4-3-5-7-9/h3-8,10H,1-2H3,(H,13,14)(H,15,16)/t8?,10-/m0/s1. The predicted octanol–water partition coefficient (Wildman–Crippen LogP) is 0.362. The number of carbonyl (C=O) groups is 2. The van der Waals surface area contributed by atoms with Crippen LogP contribution in [0, 0.1) is 0 Å². The van der Waals surface area contributed by atoms with E-state index in [1.165, 1.54) is 6.92 Å². The van der Waals surface area contributed by atoms with Crippen LogP contribution in [-0.4, -0.2) is 36.9 Å². The van der Waals surface area contributed by atoms with Gasteiger partial charge in [-0.15, -0.1) is 0 Å². The minimum absolute atomic E-state index is 0.379. The molecule has 19 heavy (non-hydrogen) atoms. The van der Waals surface area contributed by atoms with E-state index in [9.17, 15) is 18.0 Å². The van der Waals surface area contributed by atoms with Gasteiger partial charge in [0.2, 0.25) is 5.91 Å². The molecule has 7 heteroatoms. The van der Waals surface area contributed by atoms with Crippen LogP contribution in [0.15, 0.2) is 30.3 Å². The van der Waals surface area contributed by atoms with Gasteiger partial charge in [-0.3, -0.25) is 4.79 Å². The molecule has 0 heterocycles. The molecule has 0 bridgehead atoms. The Morgan fingerprint density at radius 1 is 1.21 bits per heavy atom. The minimum Gasteiger partial charge on any atom is -0.479 e. The van der Waals surface area contributed by atoms with Crippen molar-refractivity contribution in [2.75, 3.05) is 6.26 Å². The highest BCUT2D eigenvalue weighted by Crippen LogP contribution is 2.13. The van der Waals surface area contributed by atoms with E-state index in [0.717, 1.165) is 6.26 Å². The number of hydrogen-bond acceptors (Lipinski definition) is 4. The molecular weight excluding hydrogens is 270 g/mol. The molecule has 0 saturated carbocycles. The number of carboxylic acids is 1. The summed E-state index contributed by atoms with van der Waals surface area (Å²) in [4.78, 5) is 22.9. The number of benzene rings is 1. The van der Waals surface area contributed by atoms with Gasteiger partial charge in [-0.25, -0.2) is 13.2 Å². The van der Waals surface area contributed by atoms with Crippen LogP contribution in [0.1, 0.15) is 18.5 Å². The first-order chi connectivity index (χ1) is 8.73. The van der Waals surface area contributed by atoms with Crippen LogP contribution in [0.4, 0.5) is 0 Å².